The number of anilines is 1. The minimum absolute atomic E-state index is 0.000171. The summed E-state index contributed by atoms with van der Waals surface area (Å²) in [6.07, 6.45) is -5.83. The summed E-state index contributed by atoms with van der Waals surface area (Å²) < 4.78 is 83.0. The van der Waals surface area contributed by atoms with Crippen LogP contribution in [0.3, 0.4) is 0 Å². The van der Waals surface area contributed by atoms with Gasteiger partial charge in [-0.05, 0) is 43.3 Å². The van der Waals surface area contributed by atoms with Crippen molar-refractivity contribution in [2.45, 2.75) is 19.3 Å². The second-order valence-electron chi connectivity index (χ2n) is 6.49. The van der Waals surface area contributed by atoms with Crippen LogP contribution in [-0.2, 0) is 12.4 Å². The van der Waals surface area contributed by atoms with Crippen LogP contribution in [-0.4, -0.2) is 22.4 Å². The number of carbonyl (C=O) groups is 1. The number of rotatable bonds is 5. The van der Waals surface area contributed by atoms with E-state index in [9.17, 15) is 31.1 Å². The molecule has 0 aliphatic carbocycles. The number of halogens is 6. The third kappa shape index (κ3) is 5.34. The Kier molecular flexibility index (Phi) is 6.37. The van der Waals surface area contributed by atoms with E-state index in [1.165, 1.54) is 23.2 Å². The summed E-state index contributed by atoms with van der Waals surface area (Å²) in [6, 6.07) is 6.71. The Hall–Kier alpha value is -3.63. The highest BCUT2D eigenvalue weighted by molar-refractivity contribution is 6.05. The largest absolute Gasteiger partial charge is 0.439 e. The molecule has 2 heterocycles. The number of alkyl halides is 6. The lowest BCUT2D eigenvalue weighted by atomic mass is 10.1. The van der Waals surface area contributed by atoms with Gasteiger partial charge in [-0.2, -0.15) is 26.3 Å². The molecule has 1 aromatic carbocycles. The summed E-state index contributed by atoms with van der Waals surface area (Å²) in [4.78, 5) is 21.9. The summed E-state index contributed by atoms with van der Waals surface area (Å²) in [5, 5.41) is 0. The van der Waals surface area contributed by atoms with Gasteiger partial charge in [0.1, 0.15) is 5.75 Å². The Morgan fingerprint density at radius 2 is 1.62 bits per heavy atom. The standard InChI is InChI=1S/C21H15F6N3O2/c1-2-30(16-4-3-7-28-12-16)19(31)13-5-6-18(29-11-13)32-17-9-14(20(22,23)24)8-15(10-17)21(25,26)27/h3-12H,2H2,1H3. The Morgan fingerprint density at radius 3 is 2.09 bits per heavy atom. The van der Waals surface area contributed by atoms with Crippen LogP contribution in [0.25, 0.3) is 0 Å². The number of benzene rings is 1. The van der Waals surface area contributed by atoms with E-state index in [4.69, 9.17) is 4.74 Å². The van der Waals surface area contributed by atoms with Gasteiger partial charge in [-0.15, -0.1) is 0 Å². The highest BCUT2D eigenvalue weighted by Gasteiger charge is 2.37. The van der Waals surface area contributed by atoms with Crippen molar-refractivity contribution < 1.29 is 35.9 Å². The summed E-state index contributed by atoms with van der Waals surface area (Å²) in [7, 11) is 0. The number of ether oxygens (including phenoxy) is 1. The van der Waals surface area contributed by atoms with Gasteiger partial charge in [0.2, 0.25) is 5.88 Å². The van der Waals surface area contributed by atoms with E-state index in [0.717, 1.165) is 6.20 Å². The molecule has 0 atom stereocenters. The van der Waals surface area contributed by atoms with Crippen LogP contribution in [0, 0.1) is 0 Å². The van der Waals surface area contributed by atoms with Crippen LogP contribution >= 0.6 is 0 Å². The number of pyridine rings is 2. The van der Waals surface area contributed by atoms with E-state index < -0.39 is 35.1 Å². The molecular formula is C21H15F6N3O2. The summed E-state index contributed by atoms with van der Waals surface area (Å²) >= 11 is 0. The van der Waals surface area contributed by atoms with Crippen LogP contribution in [0.2, 0.25) is 0 Å². The molecule has 0 unspecified atom stereocenters. The lowest BCUT2D eigenvalue weighted by molar-refractivity contribution is -0.143. The van der Waals surface area contributed by atoms with Crippen molar-refractivity contribution in [2.24, 2.45) is 0 Å². The average molecular weight is 455 g/mol. The predicted molar refractivity (Wildman–Crippen MR) is 102 cm³/mol. The van der Waals surface area contributed by atoms with Gasteiger partial charge in [0, 0.05) is 25.0 Å². The van der Waals surface area contributed by atoms with Crippen LogP contribution < -0.4 is 9.64 Å². The summed E-state index contributed by atoms with van der Waals surface area (Å²) in [5.74, 6) is -1.39. The number of carbonyl (C=O) groups excluding carboxylic acids is 1. The van der Waals surface area contributed by atoms with Crippen molar-refractivity contribution in [3.8, 4) is 11.6 Å². The Morgan fingerprint density at radius 1 is 0.969 bits per heavy atom. The van der Waals surface area contributed by atoms with E-state index in [-0.39, 0.29) is 17.5 Å². The molecule has 168 valence electrons. The highest BCUT2D eigenvalue weighted by Crippen LogP contribution is 2.39. The quantitative estimate of drug-likeness (QED) is 0.445. The molecule has 3 rings (SSSR count). The van der Waals surface area contributed by atoms with Crippen molar-refractivity contribution in [1.29, 1.82) is 0 Å². The maximum absolute atomic E-state index is 13.0. The first-order chi connectivity index (χ1) is 15.0. The molecule has 0 spiro atoms. The van der Waals surface area contributed by atoms with Crippen LogP contribution in [0.15, 0.2) is 61.1 Å². The molecule has 1 amide bonds. The van der Waals surface area contributed by atoms with Crippen molar-refractivity contribution in [2.75, 3.05) is 11.4 Å². The number of hydrogen-bond donors (Lipinski definition) is 0. The van der Waals surface area contributed by atoms with E-state index >= 15 is 0 Å². The van der Waals surface area contributed by atoms with E-state index in [1.54, 1.807) is 25.3 Å². The number of nitrogens with zero attached hydrogens (tertiary/aromatic N) is 3. The molecular weight excluding hydrogens is 440 g/mol. The number of aromatic nitrogens is 2. The Bertz CT molecular complexity index is 1050. The van der Waals surface area contributed by atoms with Gasteiger partial charge < -0.3 is 9.64 Å². The van der Waals surface area contributed by atoms with E-state index in [1.807, 2.05) is 0 Å². The molecule has 0 fully saturated rings. The molecule has 32 heavy (non-hydrogen) atoms. The smallest absolute Gasteiger partial charge is 0.416 e. The molecule has 5 nitrogen and oxygen atoms in total. The number of hydrogen-bond acceptors (Lipinski definition) is 4. The van der Waals surface area contributed by atoms with Crippen molar-refractivity contribution in [3.05, 3.63) is 77.7 Å². The van der Waals surface area contributed by atoms with Gasteiger partial charge in [-0.25, -0.2) is 4.98 Å². The zero-order chi connectivity index (χ0) is 23.5. The maximum Gasteiger partial charge on any atom is 0.416 e. The fourth-order valence-electron chi connectivity index (χ4n) is 2.79. The lowest BCUT2D eigenvalue weighted by Gasteiger charge is -2.20. The second-order valence-corrected chi connectivity index (χ2v) is 6.49. The zero-order valence-corrected chi connectivity index (χ0v) is 16.4. The normalized spacial score (nSPS) is 11.8. The van der Waals surface area contributed by atoms with Gasteiger partial charge in [0.05, 0.1) is 28.6 Å². The highest BCUT2D eigenvalue weighted by atomic mass is 19.4. The summed E-state index contributed by atoms with van der Waals surface area (Å²) in [6.45, 7) is 2.08. The first-order valence-corrected chi connectivity index (χ1v) is 9.14. The molecule has 0 aliphatic heterocycles. The lowest BCUT2D eigenvalue weighted by Crippen LogP contribution is -2.30. The molecule has 0 radical (unpaired) electrons. The van der Waals surface area contributed by atoms with Crippen molar-refractivity contribution >= 4 is 11.6 Å². The minimum atomic E-state index is -5.00. The summed E-state index contributed by atoms with van der Waals surface area (Å²) in [5.41, 5.74) is -2.33. The first-order valence-electron chi connectivity index (χ1n) is 9.14. The topological polar surface area (TPSA) is 55.3 Å². The maximum atomic E-state index is 13.0. The molecule has 0 bridgehead atoms. The van der Waals surface area contributed by atoms with Crippen LogP contribution in [0.1, 0.15) is 28.4 Å². The molecule has 11 heteroatoms. The minimum Gasteiger partial charge on any atom is -0.439 e. The molecule has 2 aromatic heterocycles. The zero-order valence-electron chi connectivity index (χ0n) is 16.4. The molecule has 3 aromatic rings. The monoisotopic (exact) mass is 455 g/mol. The fourth-order valence-corrected chi connectivity index (χ4v) is 2.79. The van der Waals surface area contributed by atoms with Gasteiger partial charge in [-0.3, -0.25) is 9.78 Å². The van der Waals surface area contributed by atoms with E-state index in [2.05, 4.69) is 9.97 Å². The van der Waals surface area contributed by atoms with Crippen LogP contribution in [0.5, 0.6) is 11.6 Å². The van der Waals surface area contributed by atoms with Gasteiger partial charge >= 0.3 is 12.4 Å². The van der Waals surface area contributed by atoms with Gasteiger partial charge in [0.25, 0.3) is 5.91 Å². The second kappa shape index (κ2) is 8.85. The third-order valence-corrected chi connectivity index (χ3v) is 4.29. The third-order valence-electron chi connectivity index (χ3n) is 4.29. The van der Waals surface area contributed by atoms with Gasteiger partial charge in [0.15, 0.2) is 0 Å². The molecule has 0 aliphatic rings. The van der Waals surface area contributed by atoms with E-state index in [0.29, 0.717) is 24.4 Å². The predicted octanol–water partition coefficient (Wildman–Crippen LogP) is 5.97. The molecule has 0 saturated carbocycles. The van der Waals surface area contributed by atoms with Gasteiger partial charge in [-0.1, -0.05) is 0 Å². The first kappa shape index (κ1) is 23.0. The Balaban J connectivity index is 1.85. The van der Waals surface area contributed by atoms with Crippen molar-refractivity contribution in [1.82, 2.24) is 9.97 Å². The SMILES string of the molecule is CCN(C(=O)c1ccc(Oc2cc(C(F)(F)F)cc(C(F)(F)F)c2)nc1)c1cccnc1. The Labute approximate surface area is 178 Å². The molecule has 0 saturated heterocycles. The average Bonchev–Trinajstić information content (AvgIpc) is 2.74. The fraction of sp³-hybridized carbons (Fsp3) is 0.190. The van der Waals surface area contributed by atoms with Crippen molar-refractivity contribution in [3.63, 3.8) is 0 Å². The molecule has 0 N–H and O–H groups in total. The van der Waals surface area contributed by atoms with Crippen LogP contribution in [0.4, 0.5) is 32.0 Å². The number of amides is 1.